The minimum atomic E-state index is 0.0464. The van der Waals surface area contributed by atoms with Crippen LogP contribution >= 0.6 is 0 Å². The molecule has 128 valence electrons. The SMILES string of the molecule is CCC1(CC)[C@H](NC(=O)[C@@H]2CCn3ccnc3C2)[C@H](C)[C@@H]1OC. The van der Waals surface area contributed by atoms with Crippen LogP contribution in [0.2, 0.25) is 0 Å². The van der Waals surface area contributed by atoms with Crippen LogP contribution in [0.25, 0.3) is 0 Å². The number of hydrogen-bond donors (Lipinski definition) is 1. The maximum absolute atomic E-state index is 12.8. The molecular formula is C18H29N3O2. The number of fused-ring (bicyclic) bond motifs is 1. The zero-order valence-corrected chi connectivity index (χ0v) is 14.7. The molecule has 1 aromatic heterocycles. The Kier molecular flexibility index (Phi) is 4.50. The van der Waals surface area contributed by atoms with Gasteiger partial charge in [0, 0.05) is 55.8 Å². The highest BCUT2D eigenvalue weighted by atomic mass is 16.5. The Morgan fingerprint density at radius 2 is 2.22 bits per heavy atom. The Hall–Kier alpha value is -1.36. The van der Waals surface area contributed by atoms with Crippen molar-refractivity contribution in [1.82, 2.24) is 14.9 Å². The molecule has 1 amide bonds. The lowest BCUT2D eigenvalue weighted by Crippen LogP contribution is -2.70. The molecule has 0 radical (unpaired) electrons. The number of aryl methyl sites for hydroxylation is 1. The number of methoxy groups -OCH3 is 1. The number of carbonyl (C=O) groups excluding carboxylic acids is 1. The maximum Gasteiger partial charge on any atom is 0.223 e. The molecule has 3 rings (SSSR count). The Morgan fingerprint density at radius 3 is 2.87 bits per heavy atom. The Labute approximate surface area is 138 Å². The van der Waals surface area contributed by atoms with Gasteiger partial charge in [-0.3, -0.25) is 4.79 Å². The number of ether oxygens (including phenoxy) is 1. The zero-order chi connectivity index (χ0) is 16.6. The Balaban J connectivity index is 1.68. The second-order valence-corrected chi connectivity index (χ2v) is 7.17. The van der Waals surface area contributed by atoms with Crippen LogP contribution in [-0.2, 0) is 22.5 Å². The summed E-state index contributed by atoms with van der Waals surface area (Å²) < 4.78 is 7.88. The number of aromatic nitrogens is 2. The first-order chi connectivity index (χ1) is 11.1. The summed E-state index contributed by atoms with van der Waals surface area (Å²) in [6, 6.07) is 0.219. The van der Waals surface area contributed by atoms with Gasteiger partial charge in [0.05, 0.1) is 6.10 Å². The third-order valence-corrected chi connectivity index (χ3v) is 6.38. The predicted octanol–water partition coefficient (Wildman–Crippen LogP) is 2.40. The summed E-state index contributed by atoms with van der Waals surface area (Å²) in [5.74, 6) is 1.64. The highest BCUT2D eigenvalue weighted by Gasteiger charge is 2.59. The van der Waals surface area contributed by atoms with Crippen molar-refractivity contribution in [3.63, 3.8) is 0 Å². The van der Waals surface area contributed by atoms with Gasteiger partial charge in [0.1, 0.15) is 5.82 Å². The molecule has 23 heavy (non-hydrogen) atoms. The van der Waals surface area contributed by atoms with Crippen molar-refractivity contribution in [2.75, 3.05) is 7.11 Å². The molecule has 1 aliphatic carbocycles. The van der Waals surface area contributed by atoms with Gasteiger partial charge in [-0.1, -0.05) is 20.8 Å². The van der Waals surface area contributed by atoms with Crippen LogP contribution in [0.1, 0.15) is 45.9 Å². The van der Waals surface area contributed by atoms with E-state index in [9.17, 15) is 4.79 Å². The highest BCUT2D eigenvalue weighted by molar-refractivity contribution is 5.79. The number of nitrogens with one attached hydrogen (secondary N) is 1. The van der Waals surface area contributed by atoms with Crippen molar-refractivity contribution >= 4 is 5.91 Å². The van der Waals surface area contributed by atoms with Gasteiger partial charge in [-0.15, -0.1) is 0 Å². The molecule has 1 N–H and O–H groups in total. The van der Waals surface area contributed by atoms with Crippen LogP contribution in [0.4, 0.5) is 0 Å². The molecule has 0 aromatic carbocycles. The van der Waals surface area contributed by atoms with E-state index in [-0.39, 0.29) is 29.4 Å². The van der Waals surface area contributed by atoms with Gasteiger partial charge >= 0.3 is 0 Å². The van der Waals surface area contributed by atoms with E-state index >= 15 is 0 Å². The summed E-state index contributed by atoms with van der Waals surface area (Å²) in [4.78, 5) is 17.2. The van der Waals surface area contributed by atoms with Gasteiger partial charge in [-0.05, 0) is 19.3 Å². The van der Waals surface area contributed by atoms with Gasteiger partial charge in [0.25, 0.3) is 0 Å². The summed E-state index contributed by atoms with van der Waals surface area (Å²) in [7, 11) is 1.79. The minimum absolute atomic E-state index is 0.0464. The fourth-order valence-corrected chi connectivity index (χ4v) is 4.94. The highest BCUT2D eigenvalue weighted by Crippen LogP contribution is 2.52. The molecular weight excluding hydrogens is 290 g/mol. The number of amides is 1. The molecule has 2 aliphatic rings. The summed E-state index contributed by atoms with van der Waals surface area (Å²) in [5, 5.41) is 3.36. The monoisotopic (exact) mass is 319 g/mol. The smallest absolute Gasteiger partial charge is 0.223 e. The van der Waals surface area contributed by atoms with Gasteiger partial charge in [0.2, 0.25) is 5.91 Å². The van der Waals surface area contributed by atoms with Crippen LogP contribution in [0.5, 0.6) is 0 Å². The quantitative estimate of drug-likeness (QED) is 0.907. The van der Waals surface area contributed by atoms with E-state index < -0.39 is 0 Å². The average molecular weight is 319 g/mol. The van der Waals surface area contributed by atoms with Crippen molar-refractivity contribution in [2.24, 2.45) is 17.3 Å². The Bertz CT molecular complexity index is 564. The largest absolute Gasteiger partial charge is 0.380 e. The number of hydrogen-bond acceptors (Lipinski definition) is 3. The Morgan fingerprint density at radius 1 is 1.48 bits per heavy atom. The molecule has 1 saturated carbocycles. The maximum atomic E-state index is 12.8. The summed E-state index contributed by atoms with van der Waals surface area (Å²) in [6.45, 7) is 7.49. The van der Waals surface area contributed by atoms with E-state index in [1.54, 1.807) is 7.11 Å². The van der Waals surface area contributed by atoms with Gasteiger partial charge in [-0.25, -0.2) is 4.98 Å². The first kappa shape index (κ1) is 16.5. The summed E-state index contributed by atoms with van der Waals surface area (Å²) in [5.41, 5.74) is 0.0803. The molecule has 1 aliphatic heterocycles. The van der Waals surface area contributed by atoms with Crippen molar-refractivity contribution in [2.45, 2.75) is 65.1 Å². The zero-order valence-electron chi connectivity index (χ0n) is 14.7. The van der Waals surface area contributed by atoms with Crippen LogP contribution in [0.15, 0.2) is 12.4 Å². The summed E-state index contributed by atoms with van der Waals surface area (Å²) >= 11 is 0. The van der Waals surface area contributed by atoms with E-state index in [4.69, 9.17) is 4.74 Å². The number of imidazole rings is 1. The number of carbonyl (C=O) groups is 1. The van der Waals surface area contributed by atoms with Crippen LogP contribution in [-0.4, -0.2) is 34.7 Å². The van der Waals surface area contributed by atoms with E-state index in [2.05, 4.69) is 35.6 Å². The molecule has 5 nitrogen and oxygen atoms in total. The van der Waals surface area contributed by atoms with E-state index in [1.807, 2.05) is 12.4 Å². The molecule has 0 spiro atoms. The van der Waals surface area contributed by atoms with Crippen molar-refractivity contribution < 1.29 is 9.53 Å². The lowest BCUT2D eigenvalue weighted by atomic mass is 9.53. The average Bonchev–Trinajstić information content (AvgIpc) is 3.04. The van der Waals surface area contributed by atoms with Crippen LogP contribution in [0.3, 0.4) is 0 Å². The number of rotatable bonds is 5. The fourth-order valence-electron chi connectivity index (χ4n) is 4.94. The van der Waals surface area contributed by atoms with Crippen molar-refractivity contribution in [1.29, 1.82) is 0 Å². The van der Waals surface area contributed by atoms with E-state index in [1.165, 1.54) is 0 Å². The molecule has 0 saturated heterocycles. The lowest BCUT2D eigenvalue weighted by molar-refractivity contribution is -0.173. The second kappa shape index (κ2) is 6.27. The molecule has 5 heteroatoms. The van der Waals surface area contributed by atoms with Crippen LogP contribution < -0.4 is 5.32 Å². The predicted molar refractivity (Wildman–Crippen MR) is 88.9 cm³/mol. The van der Waals surface area contributed by atoms with E-state index in [0.717, 1.165) is 38.1 Å². The first-order valence-corrected chi connectivity index (χ1v) is 8.90. The lowest BCUT2D eigenvalue weighted by Gasteiger charge is -2.60. The van der Waals surface area contributed by atoms with E-state index in [0.29, 0.717) is 5.92 Å². The molecule has 1 fully saturated rings. The minimum Gasteiger partial charge on any atom is -0.380 e. The molecule has 4 atom stereocenters. The molecule has 0 unspecified atom stereocenters. The second-order valence-electron chi connectivity index (χ2n) is 7.17. The fraction of sp³-hybridized carbons (Fsp3) is 0.778. The third kappa shape index (κ3) is 2.49. The summed E-state index contributed by atoms with van der Waals surface area (Å²) in [6.07, 6.45) is 7.78. The normalized spacial score (nSPS) is 32.0. The standard InChI is InChI=1S/C18H29N3O2/c1-5-18(6-2)15(12(3)16(18)23-4)20-17(22)13-7-9-21-10-8-19-14(21)11-13/h8,10,12-13,15-16H,5-7,9,11H2,1-4H3,(H,20,22)/t12-,13+,15+,16-/m0/s1. The topological polar surface area (TPSA) is 56.2 Å². The first-order valence-electron chi connectivity index (χ1n) is 8.90. The molecule has 2 heterocycles. The third-order valence-electron chi connectivity index (χ3n) is 6.38. The van der Waals surface area contributed by atoms with Crippen LogP contribution in [0, 0.1) is 17.3 Å². The van der Waals surface area contributed by atoms with Gasteiger partial charge in [-0.2, -0.15) is 0 Å². The molecule has 0 bridgehead atoms. The van der Waals surface area contributed by atoms with Crippen molar-refractivity contribution in [3.8, 4) is 0 Å². The van der Waals surface area contributed by atoms with Gasteiger partial charge in [0.15, 0.2) is 0 Å². The molecule has 1 aromatic rings. The number of nitrogens with zero attached hydrogens (tertiary/aromatic N) is 2. The van der Waals surface area contributed by atoms with Crippen molar-refractivity contribution in [3.05, 3.63) is 18.2 Å². The van der Waals surface area contributed by atoms with Gasteiger partial charge < -0.3 is 14.6 Å².